The third-order valence-corrected chi connectivity index (χ3v) is 4.16. The minimum atomic E-state index is -0.293. The molecule has 106 valence electrons. The quantitative estimate of drug-likeness (QED) is 0.750. The van der Waals surface area contributed by atoms with Gasteiger partial charge in [0.2, 0.25) is 5.91 Å². The number of hydrogen-bond donors (Lipinski definition) is 0. The van der Waals surface area contributed by atoms with E-state index in [0.717, 1.165) is 0 Å². The van der Waals surface area contributed by atoms with E-state index >= 15 is 0 Å². The van der Waals surface area contributed by atoms with Gasteiger partial charge in [-0.15, -0.1) is 0 Å². The number of ether oxygens (including phenoxy) is 1. The van der Waals surface area contributed by atoms with E-state index in [9.17, 15) is 9.18 Å². The van der Waals surface area contributed by atoms with Crippen molar-refractivity contribution in [3.05, 3.63) is 30.1 Å². The van der Waals surface area contributed by atoms with Crippen molar-refractivity contribution < 1.29 is 13.9 Å². The zero-order chi connectivity index (χ0) is 14.4. The van der Waals surface area contributed by atoms with Gasteiger partial charge in [0.05, 0.1) is 11.4 Å². The number of amides is 1. The highest BCUT2D eigenvalue weighted by Crippen LogP contribution is 2.15. The fourth-order valence-corrected chi connectivity index (χ4v) is 1.79. The van der Waals surface area contributed by atoms with Crippen LogP contribution < -0.4 is 4.74 Å². The normalized spacial score (nSPS) is 12.3. The predicted molar refractivity (Wildman–Crippen MR) is 77.1 cm³/mol. The average Bonchev–Trinajstić information content (AvgIpc) is 2.39. The maximum atomic E-state index is 12.7. The van der Waals surface area contributed by atoms with Crippen LogP contribution in [0, 0.1) is 11.7 Å². The van der Waals surface area contributed by atoms with E-state index in [0.29, 0.717) is 18.9 Å². The second-order valence-electron chi connectivity index (χ2n) is 4.71. The fraction of sp³-hybridized carbons (Fsp3) is 0.500. The first kappa shape index (κ1) is 16.0. The molecule has 1 aromatic carbocycles. The van der Waals surface area contributed by atoms with Crippen LogP contribution in [0.3, 0.4) is 0 Å². The predicted octanol–water partition coefficient (Wildman–Crippen LogP) is 3.08. The van der Waals surface area contributed by atoms with Crippen molar-refractivity contribution in [2.24, 2.45) is 5.92 Å². The van der Waals surface area contributed by atoms with Crippen molar-refractivity contribution in [1.29, 1.82) is 0 Å². The molecule has 1 rings (SSSR count). The van der Waals surface area contributed by atoms with Crippen LogP contribution in [0.2, 0.25) is 0 Å². The SMILES string of the molecule is CC(C)C(Br)C(=O)N(C)CCOc1ccc(F)cc1. The molecule has 3 nitrogen and oxygen atoms in total. The number of benzene rings is 1. The highest BCUT2D eigenvalue weighted by molar-refractivity contribution is 9.10. The number of hydrogen-bond acceptors (Lipinski definition) is 2. The molecule has 0 saturated heterocycles. The van der Waals surface area contributed by atoms with Gasteiger partial charge in [0.1, 0.15) is 18.2 Å². The van der Waals surface area contributed by atoms with Crippen LogP contribution in [0.1, 0.15) is 13.8 Å². The zero-order valence-electron chi connectivity index (χ0n) is 11.4. The summed E-state index contributed by atoms with van der Waals surface area (Å²) in [6.45, 7) is 4.84. The van der Waals surface area contributed by atoms with Gasteiger partial charge in [-0.1, -0.05) is 29.8 Å². The minimum Gasteiger partial charge on any atom is -0.492 e. The zero-order valence-corrected chi connectivity index (χ0v) is 13.0. The van der Waals surface area contributed by atoms with Crippen LogP contribution in [0.5, 0.6) is 5.75 Å². The van der Waals surface area contributed by atoms with Gasteiger partial charge in [-0.05, 0) is 30.2 Å². The molecule has 0 saturated carbocycles. The molecule has 0 aromatic heterocycles. The Morgan fingerprint density at radius 2 is 1.95 bits per heavy atom. The number of nitrogens with zero attached hydrogens (tertiary/aromatic N) is 1. The maximum absolute atomic E-state index is 12.7. The van der Waals surface area contributed by atoms with E-state index < -0.39 is 0 Å². The lowest BCUT2D eigenvalue weighted by atomic mass is 10.1. The molecule has 0 radical (unpaired) electrons. The molecule has 0 bridgehead atoms. The smallest absolute Gasteiger partial charge is 0.236 e. The van der Waals surface area contributed by atoms with Gasteiger partial charge in [-0.2, -0.15) is 0 Å². The largest absolute Gasteiger partial charge is 0.492 e. The summed E-state index contributed by atoms with van der Waals surface area (Å²) < 4.78 is 18.1. The number of likely N-dealkylation sites (N-methyl/N-ethyl adjacent to an activating group) is 1. The van der Waals surface area contributed by atoms with Gasteiger partial charge in [-0.25, -0.2) is 4.39 Å². The number of carbonyl (C=O) groups is 1. The molecule has 0 spiro atoms. The van der Waals surface area contributed by atoms with Crippen LogP contribution in [0.15, 0.2) is 24.3 Å². The Morgan fingerprint density at radius 3 is 2.47 bits per heavy atom. The van der Waals surface area contributed by atoms with E-state index in [1.165, 1.54) is 12.1 Å². The number of carbonyl (C=O) groups excluding carboxylic acids is 1. The van der Waals surface area contributed by atoms with Gasteiger partial charge in [-0.3, -0.25) is 4.79 Å². The van der Waals surface area contributed by atoms with Crippen molar-refractivity contribution >= 4 is 21.8 Å². The molecule has 19 heavy (non-hydrogen) atoms. The first-order chi connectivity index (χ1) is 8.91. The molecule has 0 fully saturated rings. The Kier molecular flexibility index (Phi) is 6.28. The summed E-state index contributed by atoms with van der Waals surface area (Å²) in [6, 6.07) is 5.83. The van der Waals surface area contributed by atoms with Gasteiger partial charge < -0.3 is 9.64 Å². The number of alkyl halides is 1. The number of halogens is 2. The molecule has 0 N–H and O–H groups in total. The number of rotatable bonds is 6. The lowest BCUT2D eigenvalue weighted by molar-refractivity contribution is -0.130. The highest BCUT2D eigenvalue weighted by Gasteiger charge is 2.21. The molecular formula is C14H19BrFNO2. The van der Waals surface area contributed by atoms with Crippen LogP contribution >= 0.6 is 15.9 Å². The molecule has 1 amide bonds. The molecule has 0 aliphatic carbocycles. The molecule has 1 aromatic rings. The topological polar surface area (TPSA) is 29.5 Å². The van der Waals surface area contributed by atoms with Gasteiger partial charge >= 0.3 is 0 Å². The summed E-state index contributed by atoms with van der Waals surface area (Å²) in [7, 11) is 1.74. The second kappa shape index (κ2) is 7.48. The molecule has 1 atom stereocenters. The van der Waals surface area contributed by atoms with Crippen LogP contribution in [-0.4, -0.2) is 35.8 Å². The van der Waals surface area contributed by atoms with E-state index in [4.69, 9.17) is 4.74 Å². The third kappa shape index (κ3) is 5.19. The second-order valence-corrected chi connectivity index (χ2v) is 5.69. The third-order valence-electron chi connectivity index (χ3n) is 2.71. The van der Waals surface area contributed by atoms with Crippen molar-refractivity contribution in [3.8, 4) is 5.75 Å². The van der Waals surface area contributed by atoms with Crippen molar-refractivity contribution in [3.63, 3.8) is 0 Å². The van der Waals surface area contributed by atoms with Gasteiger partial charge in [0.25, 0.3) is 0 Å². The van der Waals surface area contributed by atoms with E-state index in [-0.39, 0.29) is 22.5 Å². The van der Waals surface area contributed by atoms with Crippen molar-refractivity contribution in [2.45, 2.75) is 18.7 Å². The molecule has 0 aliphatic heterocycles. The Morgan fingerprint density at radius 1 is 1.37 bits per heavy atom. The van der Waals surface area contributed by atoms with Gasteiger partial charge in [0.15, 0.2) is 0 Å². The summed E-state index contributed by atoms with van der Waals surface area (Å²) in [5.74, 6) is 0.589. The molecule has 1 unspecified atom stereocenters. The summed E-state index contributed by atoms with van der Waals surface area (Å²) in [6.07, 6.45) is 0. The fourth-order valence-electron chi connectivity index (χ4n) is 1.44. The molecule has 5 heteroatoms. The highest BCUT2D eigenvalue weighted by atomic mass is 79.9. The van der Waals surface area contributed by atoms with Crippen molar-refractivity contribution in [1.82, 2.24) is 4.90 Å². The maximum Gasteiger partial charge on any atom is 0.236 e. The van der Waals surface area contributed by atoms with Crippen molar-refractivity contribution in [2.75, 3.05) is 20.2 Å². The standard InChI is InChI=1S/C14H19BrFNO2/c1-10(2)13(15)14(18)17(3)8-9-19-12-6-4-11(16)5-7-12/h4-7,10,13H,8-9H2,1-3H3. The van der Waals surface area contributed by atoms with E-state index in [2.05, 4.69) is 15.9 Å². The first-order valence-corrected chi connectivity index (χ1v) is 7.10. The molecular weight excluding hydrogens is 313 g/mol. The van der Waals surface area contributed by atoms with E-state index in [1.807, 2.05) is 13.8 Å². The lowest BCUT2D eigenvalue weighted by Crippen LogP contribution is -2.38. The molecule has 0 heterocycles. The first-order valence-electron chi connectivity index (χ1n) is 6.19. The summed E-state index contributed by atoms with van der Waals surface area (Å²) >= 11 is 3.38. The van der Waals surface area contributed by atoms with E-state index in [1.54, 1.807) is 24.1 Å². The van der Waals surface area contributed by atoms with Gasteiger partial charge in [0, 0.05) is 7.05 Å². The van der Waals surface area contributed by atoms with Crippen LogP contribution in [-0.2, 0) is 4.79 Å². The Labute approximate surface area is 121 Å². The average molecular weight is 332 g/mol. The van der Waals surface area contributed by atoms with Crippen LogP contribution in [0.4, 0.5) is 4.39 Å². The Balaban J connectivity index is 2.36. The summed E-state index contributed by atoms with van der Waals surface area (Å²) in [5, 5.41) is 0. The lowest BCUT2D eigenvalue weighted by Gasteiger charge is -2.22. The Hall–Kier alpha value is -1.10. The summed E-state index contributed by atoms with van der Waals surface area (Å²) in [4.78, 5) is 13.4. The molecule has 0 aliphatic rings. The monoisotopic (exact) mass is 331 g/mol. The van der Waals surface area contributed by atoms with Crippen LogP contribution in [0.25, 0.3) is 0 Å². The Bertz CT molecular complexity index is 408. The minimum absolute atomic E-state index is 0.0395. The summed E-state index contributed by atoms with van der Waals surface area (Å²) in [5.41, 5.74) is 0.